The molecule has 0 aliphatic carbocycles. The molecule has 0 radical (unpaired) electrons. The summed E-state index contributed by atoms with van der Waals surface area (Å²) in [6, 6.07) is 5.91. The maximum absolute atomic E-state index is 12.7. The third kappa shape index (κ3) is 4.26. The molecule has 1 aliphatic heterocycles. The van der Waals surface area contributed by atoms with E-state index in [4.69, 9.17) is 27.6 Å². The van der Waals surface area contributed by atoms with Gasteiger partial charge in [0.2, 0.25) is 10.0 Å². The van der Waals surface area contributed by atoms with E-state index in [1.165, 1.54) is 18.4 Å². The molecule has 1 aromatic heterocycles. The van der Waals surface area contributed by atoms with Gasteiger partial charge in [-0.15, -0.1) is 0 Å². The van der Waals surface area contributed by atoms with Crippen molar-refractivity contribution in [2.24, 2.45) is 0 Å². The van der Waals surface area contributed by atoms with Gasteiger partial charge in [0.1, 0.15) is 4.90 Å². The lowest BCUT2D eigenvalue weighted by atomic mass is 10.1. The minimum absolute atomic E-state index is 0.0438. The van der Waals surface area contributed by atoms with Crippen molar-refractivity contribution >= 4 is 55.1 Å². The number of nitrogens with zero attached hydrogens (tertiary/aromatic N) is 1. The summed E-state index contributed by atoms with van der Waals surface area (Å²) in [5.41, 5.74) is 0. The lowest BCUT2D eigenvalue weighted by molar-refractivity contribution is 0.0679. The minimum Gasteiger partial charge on any atom is -0.459 e. The van der Waals surface area contributed by atoms with Crippen LogP contribution in [0.15, 0.2) is 44.3 Å². The molecule has 1 saturated heterocycles. The van der Waals surface area contributed by atoms with E-state index < -0.39 is 10.0 Å². The van der Waals surface area contributed by atoms with Crippen molar-refractivity contribution in [2.45, 2.75) is 23.8 Å². The van der Waals surface area contributed by atoms with E-state index in [0.717, 1.165) is 0 Å². The molecule has 1 N–H and O–H groups in total. The quantitative estimate of drug-likeness (QED) is 0.717. The van der Waals surface area contributed by atoms with Crippen LogP contribution in [0.4, 0.5) is 0 Å². The lowest BCUT2D eigenvalue weighted by Crippen LogP contribution is -2.46. The fourth-order valence-electron chi connectivity index (χ4n) is 2.82. The first kappa shape index (κ1) is 19.7. The SMILES string of the molecule is O=C(c1ccco1)N1CCC(NS(=O)(=O)c2c(Cl)cc(Br)cc2Cl)CC1. The van der Waals surface area contributed by atoms with E-state index >= 15 is 0 Å². The molecule has 2 heterocycles. The molecular formula is C16H15BrCl2N2O4S. The number of rotatable bonds is 4. The Bertz CT molecular complexity index is 887. The number of likely N-dealkylation sites (tertiary alicyclic amines) is 1. The van der Waals surface area contributed by atoms with Crippen molar-refractivity contribution in [3.8, 4) is 0 Å². The number of nitrogens with one attached hydrogen (secondary N) is 1. The molecule has 0 unspecified atom stereocenters. The second-order valence-corrected chi connectivity index (χ2v) is 9.24. The van der Waals surface area contributed by atoms with Gasteiger partial charge >= 0.3 is 0 Å². The lowest BCUT2D eigenvalue weighted by Gasteiger charge is -2.31. The third-order valence-corrected chi connectivity index (χ3v) is 6.97. The molecule has 2 aromatic rings. The summed E-state index contributed by atoms with van der Waals surface area (Å²) in [5, 5.41) is 0.0876. The highest BCUT2D eigenvalue weighted by atomic mass is 79.9. The number of furan rings is 1. The standard InChI is InChI=1S/C16H15BrCl2N2O4S/c17-10-8-12(18)15(13(19)9-10)26(23,24)20-11-3-5-21(6-4-11)16(22)14-2-1-7-25-14/h1-2,7-9,11,20H,3-6H2. The van der Waals surface area contributed by atoms with Gasteiger partial charge in [0.15, 0.2) is 5.76 Å². The number of hydrogen-bond donors (Lipinski definition) is 1. The molecular weight excluding hydrogens is 467 g/mol. The molecule has 1 fully saturated rings. The van der Waals surface area contributed by atoms with E-state index in [0.29, 0.717) is 30.4 Å². The van der Waals surface area contributed by atoms with Gasteiger partial charge in [0, 0.05) is 23.6 Å². The Morgan fingerprint density at radius 3 is 2.38 bits per heavy atom. The summed E-state index contributed by atoms with van der Waals surface area (Å²) in [6.45, 7) is 0.850. The number of carbonyl (C=O) groups is 1. The molecule has 0 atom stereocenters. The van der Waals surface area contributed by atoms with Gasteiger partial charge in [0.05, 0.1) is 16.3 Å². The van der Waals surface area contributed by atoms with Crippen molar-refractivity contribution in [3.05, 3.63) is 50.8 Å². The topological polar surface area (TPSA) is 79.6 Å². The largest absolute Gasteiger partial charge is 0.459 e. The fourth-order valence-corrected chi connectivity index (χ4v) is 6.06. The number of amides is 1. The zero-order valence-corrected chi connectivity index (χ0v) is 17.3. The van der Waals surface area contributed by atoms with Gasteiger partial charge in [0.25, 0.3) is 5.91 Å². The zero-order valence-electron chi connectivity index (χ0n) is 13.4. The molecule has 0 spiro atoms. The summed E-state index contributed by atoms with van der Waals surface area (Å²) in [4.78, 5) is 13.8. The van der Waals surface area contributed by atoms with Crippen LogP contribution in [0.1, 0.15) is 23.4 Å². The van der Waals surface area contributed by atoms with Crippen LogP contribution in [0, 0.1) is 0 Å². The van der Waals surface area contributed by atoms with Crippen LogP contribution in [-0.2, 0) is 10.0 Å². The number of piperidine rings is 1. The van der Waals surface area contributed by atoms with Crippen molar-refractivity contribution in [3.63, 3.8) is 0 Å². The third-order valence-electron chi connectivity index (χ3n) is 4.07. The van der Waals surface area contributed by atoms with E-state index in [9.17, 15) is 13.2 Å². The van der Waals surface area contributed by atoms with Crippen LogP contribution >= 0.6 is 39.1 Å². The monoisotopic (exact) mass is 480 g/mol. The van der Waals surface area contributed by atoms with Crippen LogP contribution in [-0.4, -0.2) is 38.4 Å². The maximum atomic E-state index is 12.7. The van der Waals surface area contributed by atoms with Crippen LogP contribution in [0.2, 0.25) is 10.0 Å². The van der Waals surface area contributed by atoms with Gasteiger partial charge in [-0.3, -0.25) is 4.79 Å². The van der Waals surface area contributed by atoms with Crippen LogP contribution < -0.4 is 4.72 Å². The molecule has 0 bridgehead atoms. The molecule has 0 saturated carbocycles. The highest BCUT2D eigenvalue weighted by Gasteiger charge is 2.30. The van der Waals surface area contributed by atoms with Crippen molar-refractivity contribution in [1.82, 2.24) is 9.62 Å². The summed E-state index contributed by atoms with van der Waals surface area (Å²) in [5.74, 6) is 0.0766. The Balaban J connectivity index is 1.67. The normalized spacial score (nSPS) is 16.0. The number of carbonyl (C=O) groups excluding carboxylic acids is 1. The van der Waals surface area contributed by atoms with Crippen LogP contribution in [0.5, 0.6) is 0 Å². The van der Waals surface area contributed by atoms with Crippen LogP contribution in [0.25, 0.3) is 0 Å². The first-order valence-electron chi connectivity index (χ1n) is 7.77. The molecule has 1 aromatic carbocycles. The molecule has 140 valence electrons. The van der Waals surface area contributed by atoms with Gasteiger partial charge < -0.3 is 9.32 Å². The second kappa shape index (κ2) is 7.90. The van der Waals surface area contributed by atoms with Gasteiger partial charge in [-0.05, 0) is 37.1 Å². The molecule has 1 amide bonds. The van der Waals surface area contributed by atoms with Crippen molar-refractivity contribution in [1.29, 1.82) is 0 Å². The predicted octanol–water partition coefficient (Wildman–Crippen LogP) is 3.93. The summed E-state index contributed by atoms with van der Waals surface area (Å²) in [7, 11) is -3.88. The Morgan fingerprint density at radius 1 is 1.23 bits per heavy atom. The van der Waals surface area contributed by atoms with Crippen molar-refractivity contribution < 1.29 is 17.6 Å². The smallest absolute Gasteiger partial charge is 0.289 e. The maximum Gasteiger partial charge on any atom is 0.289 e. The molecule has 10 heteroatoms. The minimum atomic E-state index is -3.88. The highest BCUT2D eigenvalue weighted by Crippen LogP contribution is 2.33. The number of sulfonamides is 1. The molecule has 26 heavy (non-hydrogen) atoms. The van der Waals surface area contributed by atoms with Gasteiger partial charge in [-0.1, -0.05) is 39.1 Å². The fraction of sp³-hybridized carbons (Fsp3) is 0.312. The van der Waals surface area contributed by atoms with E-state index in [1.807, 2.05) is 0 Å². The summed E-state index contributed by atoms with van der Waals surface area (Å²) >= 11 is 15.3. The number of hydrogen-bond acceptors (Lipinski definition) is 4. The number of halogens is 3. The summed E-state index contributed by atoms with van der Waals surface area (Å²) < 4.78 is 33.7. The van der Waals surface area contributed by atoms with E-state index in [1.54, 1.807) is 17.0 Å². The summed E-state index contributed by atoms with van der Waals surface area (Å²) in [6.07, 6.45) is 2.41. The Labute approximate surface area is 169 Å². The Hall–Kier alpha value is -1.06. The first-order valence-corrected chi connectivity index (χ1v) is 10.8. The Kier molecular flexibility index (Phi) is 5.98. The van der Waals surface area contributed by atoms with Gasteiger partial charge in [-0.25, -0.2) is 13.1 Å². The Morgan fingerprint density at radius 2 is 1.85 bits per heavy atom. The van der Waals surface area contributed by atoms with Crippen molar-refractivity contribution in [2.75, 3.05) is 13.1 Å². The second-order valence-electron chi connectivity index (χ2n) is 5.86. The first-order chi connectivity index (χ1) is 12.3. The van der Waals surface area contributed by atoms with Gasteiger partial charge in [-0.2, -0.15) is 0 Å². The molecule has 1 aliphatic rings. The number of benzene rings is 1. The molecule has 3 rings (SSSR count). The van der Waals surface area contributed by atoms with Crippen LogP contribution in [0.3, 0.4) is 0 Å². The highest BCUT2D eigenvalue weighted by molar-refractivity contribution is 9.10. The van der Waals surface area contributed by atoms with E-state index in [-0.39, 0.29) is 32.7 Å². The average molecular weight is 482 g/mol. The zero-order chi connectivity index (χ0) is 18.9. The van der Waals surface area contributed by atoms with E-state index in [2.05, 4.69) is 20.7 Å². The predicted molar refractivity (Wildman–Crippen MR) is 102 cm³/mol. The molecule has 6 nitrogen and oxygen atoms in total. The average Bonchev–Trinajstić information content (AvgIpc) is 3.07.